The van der Waals surface area contributed by atoms with Crippen LogP contribution in [0, 0.1) is 5.41 Å². The summed E-state index contributed by atoms with van der Waals surface area (Å²) >= 11 is 8.90. The van der Waals surface area contributed by atoms with Gasteiger partial charge in [0.2, 0.25) is 5.91 Å². The zero-order chi connectivity index (χ0) is 14.8. The van der Waals surface area contributed by atoms with E-state index in [0.29, 0.717) is 25.3 Å². The molecule has 1 aromatic heterocycles. The van der Waals surface area contributed by atoms with Crippen LogP contribution in [0.2, 0.25) is 4.34 Å². The van der Waals surface area contributed by atoms with Crippen molar-refractivity contribution in [1.29, 1.82) is 0 Å². The SMILES string of the molecule is CC1(C(=O)O)CCN(C(=O)CSCc2ccc(Cl)s2)C1. The molecule has 0 aromatic carbocycles. The molecule has 2 heterocycles. The summed E-state index contributed by atoms with van der Waals surface area (Å²) in [4.78, 5) is 26.0. The maximum absolute atomic E-state index is 12.0. The van der Waals surface area contributed by atoms with Crippen LogP contribution in [0.3, 0.4) is 0 Å². The van der Waals surface area contributed by atoms with Crippen LogP contribution in [0.25, 0.3) is 0 Å². The van der Waals surface area contributed by atoms with Crippen LogP contribution in [0.5, 0.6) is 0 Å². The van der Waals surface area contributed by atoms with Gasteiger partial charge in [-0.05, 0) is 25.5 Å². The normalized spacial score (nSPS) is 22.2. The molecular weight excluding hydrogens is 318 g/mol. The van der Waals surface area contributed by atoms with Crippen LogP contribution < -0.4 is 0 Å². The van der Waals surface area contributed by atoms with Crippen molar-refractivity contribution in [3.8, 4) is 0 Å². The van der Waals surface area contributed by atoms with Gasteiger partial charge in [0.15, 0.2) is 0 Å². The number of hydrogen-bond donors (Lipinski definition) is 1. The van der Waals surface area contributed by atoms with Gasteiger partial charge in [-0.2, -0.15) is 0 Å². The first-order chi connectivity index (χ1) is 9.40. The van der Waals surface area contributed by atoms with Crippen LogP contribution in [0.4, 0.5) is 0 Å². The number of carbonyl (C=O) groups excluding carboxylic acids is 1. The van der Waals surface area contributed by atoms with Gasteiger partial charge in [0, 0.05) is 23.7 Å². The van der Waals surface area contributed by atoms with Crippen molar-refractivity contribution in [3.63, 3.8) is 0 Å². The number of aliphatic carboxylic acids is 1. The topological polar surface area (TPSA) is 57.6 Å². The minimum absolute atomic E-state index is 0.0163. The van der Waals surface area contributed by atoms with Crippen molar-refractivity contribution >= 4 is 46.6 Å². The number of halogens is 1. The van der Waals surface area contributed by atoms with Crippen molar-refractivity contribution in [1.82, 2.24) is 4.90 Å². The summed E-state index contributed by atoms with van der Waals surface area (Å²) in [7, 11) is 0. The molecule has 110 valence electrons. The number of amides is 1. The Morgan fingerprint density at radius 1 is 1.55 bits per heavy atom. The smallest absolute Gasteiger partial charge is 0.311 e. The molecule has 20 heavy (non-hydrogen) atoms. The number of nitrogens with zero attached hydrogens (tertiary/aromatic N) is 1. The molecule has 1 amide bonds. The molecule has 0 saturated carbocycles. The molecule has 1 atom stereocenters. The number of thioether (sulfide) groups is 1. The van der Waals surface area contributed by atoms with E-state index in [9.17, 15) is 9.59 Å². The Morgan fingerprint density at radius 3 is 2.85 bits per heavy atom. The van der Waals surface area contributed by atoms with Gasteiger partial charge >= 0.3 is 5.97 Å². The van der Waals surface area contributed by atoms with E-state index in [0.717, 1.165) is 15.0 Å². The molecular formula is C13H16ClNO3S2. The molecule has 4 nitrogen and oxygen atoms in total. The Kier molecular flexibility index (Phi) is 4.99. The second kappa shape index (κ2) is 6.37. The van der Waals surface area contributed by atoms with E-state index in [1.54, 1.807) is 11.8 Å². The number of carboxylic acid groups (broad SMARTS) is 1. The Morgan fingerprint density at radius 2 is 2.30 bits per heavy atom. The number of carbonyl (C=O) groups is 2. The first kappa shape index (κ1) is 15.7. The summed E-state index contributed by atoms with van der Waals surface area (Å²) in [5.41, 5.74) is -0.790. The van der Waals surface area contributed by atoms with Gasteiger partial charge in [0.25, 0.3) is 0 Å². The highest BCUT2D eigenvalue weighted by molar-refractivity contribution is 7.99. The highest BCUT2D eigenvalue weighted by atomic mass is 35.5. The Labute approximate surface area is 131 Å². The van der Waals surface area contributed by atoms with Gasteiger partial charge in [-0.15, -0.1) is 23.1 Å². The maximum atomic E-state index is 12.0. The van der Waals surface area contributed by atoms with E-state index in [1.807, 2.05) is 12.1 Å². The molecule has 1 saturated heterocycles. The fourth-order valence-corrected chi connectivity index (χ4v) is 4.23. The van der Waals surface area contributed by atoms with E-state index in [1.165, 1.54) is 23.1 Å². The van der Waals surface area contributed by atoms with E-state index in [-0.39, 0.29) is 5.91 Å². The van der Waals surface area contributed by atoms with Crippen LogP contribution in [0.15, 0.2) is 12.1 Å². The average molecular weight is 334 g/mol. The molecule has 1 aliphatic heterocycles. The van der Waals surface area contributed by atoms with Gasteiger partial charge in [-0.1, -0.05) is 11.6 Å². The van der Waals surface area contributed by atoms with Crippen LogP contribution in [-0.4, -0.2) is 40.7 Å². The van der Waals surface area contributed by atoms with Gasteiger partial charge < -0.3 is 10.0 Å². The predicted octanol–water partition coefficient (Wildman–Crippen LogP) is 2.96. The summed E-state index contributed by atoms with van der Waals surface area (Å²) < 4.78 is 0.753. The standard InChI is InChI=1S/C13H16ClNO3S2/c1-13(12(17)18)4-5-15(8-13)11(16)7-19-6-9-2-3-10(14)20-9/h2-3H,4-8H2,1H3,(H,17,18). The van der Waals surface area contributed by atoms with Gasteiger partial charge in [0.1, 0.15) is 0 Å². The third kappa shape index (κ3) is 3.68. The van der Waals surface area contributed by atoms with E-state index in [2.05, 4.69) is 0 Å². The summed E-state index contributed by atoms with van der Waals surface area (Å²) in [5.74, 6) is 0.328. The molecule has 0 bridgehead atoms. The predicted molar refractivity (Wildman–Crippen MR) is 82.4 cm³/mol. The maximum Gasteiger partial charge on any atom is 0.311 e. The second-order valence-corrected chi connectivity index (χ2v) is 7.91. The number of hydrogen-bond acceptors (Lipinski definition) is 4. The number of likely N-dealkylation sites (tertiary alicyclic amines) is 1. The van der Waals surface area contributed by atoms with Crippen LogP contribution >= 0.6 is 34.7 Å². The lowest BCUT2D eigenvalue weighted by Crippen LogP contribution is -2.35. The Balaban J connectivity index is 1.77. The summed E-state index contributed by atoms with van der Waals surface area (Å²) in [5, 5.41) is 9.14. The lowest BCUT2D eigenvalue weighted by Gasteiger charge is -2.20. The van der Waals surface area contributed by atoms with Crippen molar-refractivity contribution in [2.45, 2.75) is 19.1 Å². The molecule has 0 aliphatic carbocycles. The highest BCUT2D eigenvalue weighted by Gasteiger charge is 2.41. The molecule has 1 aliphatic rings. The summed E-state index contributed by atoms with van der Waals surface area (Å²) in [6, 6.07) is 3.81. The molecule has 1 aromatic rings. The number of carboxylic acids is 1. The molecule has 7 heteroatoms. The molecule has 1 N–H and O–H groups in total. The number of thiophene rings is 1. The molecule has 1 fully saturated rings. The van der Waals surface area contributed by atoms with Gasteiger partial charge in [0.05, 0.1) is 15.5 Å². The van der Waals surface area contributed by atoms with E-state index < -0.39 is 11.4 Å². The third-order valence-electron chi connectivity index (χ3n) is 3.44. The fourth-order valence-electron chi connectivity index (χ4n) is 2.11. The second-order valence-electron chi connectivity index (χ2n) is 5.13. The average Bonchev–Trinajstić information content (AvgIpc) is 2.97. The monoisotopic (exact) mass is 333 g/mol. The number of rotatable bonds is 5. The molecule has 0 spiro atoms. The van der Waals surface area contributed by atoms with E-state index >= 15 is 0 Å². The minimum atomic E-state index is -0.825. The summed E-state index contributed by atoms with van der Waals surface area (Å²) in [6.45, 7) is 2.54. The zero-order valence-electron chi connectivity index (χ0n) is 11.1. The van der Waals surface area contributed by atoms with Gasteiger partial charge in [-0.25, -0.2) is 0 Å². The molecule has 1 unspecified atom stereocenters. The lowest BCUT2D eigenvalue weighted by atomic mass is 9.90. The highest BCUT2D eigenvalue weighted by Crippen LogP contribution is 2.31. The van der Waals surface area contributed by atoms with Crippen molar-refractivity contribution in [2.75, 3.05) is 18.8 Å². The Bertz CT molecular complexity index is 519. The Hall–Kier alpha value is -0.720. The first-order valence-corrected chi connectivity index (χ1v) is 8.59. The fraction of sp³-hybridized carbons (Fsp3) is 0.538. The van der Waals surface area contributed by atoms with E-state index in [4.69, 9.17) is 16.7 Å². The lowest BCUT2D eigenvalue weighted by molar-refractivity contribution is -0.147. The van der Waals surface area contributed by atoms with Crippen LogP contribution in [-0.2, 0) is 15.3 Å². The van der Waals surface area contributed by atoms with Crippen LogP contribution in [0.1, 0.15) is 18.2 Å². The molecule has 0 radical (unpaired) electrons. The molecule has 2 rings (SSSR count). The van der Waals surface area contributed by atoms with Gasteiger partial charge in [-0.3, -0.25) is 9.59 Å². The largest absolute Gasteiger partial charge is 0.481 e. The van der Waals surface area contributed by atoms with Crippen molar-refractivity contribution in [2.24, 2.45) is 5.41 Å². The summed E-state index contributed by atoms with van der Waals surface area (Å²) in [6.07, 6.45) is 0.527. The quantitative estimate of drug-likeness (QED) is 0.900. The van der Waals surface area contributed by atoms with Crippen molar-refractivity contribution < 1.29 is 14.7 Å². The third-order valence-corrected chi connectivity index (χ3v) is 5.82. The van der Waals surface area contributed by atoms with Crippen molar-refractivity contribution in [3.05, 3.63) is 21.3 Å². The minimum Gasteiger partial charge on any atom is -0.481 e. The zero-order valence-corrected chi connectivity index (χ0v) is 13.5. The first-order valence-electron chi connectivity index (χ1n) is 6.24.